The normalized spacial score (nSPS) is 16.8. The molecule has 2 rings (SSSR count). The molecule has 4 heteroatoms. The van der Waals surface area contributed by atoms with Crippen molar-refractivity contribution in [2.45, 2.75) is 51.7 Å². The first kappa shape index (κ1) is 13.0. The number of hydrogen-bond acceptors (Lipinski definition) is 4. The number of nitrogens with zero attached hydrogens (tertiary/aromatic N) is 2. The number of aliphatic hydroxyl groups is 1. The van der Waals surface area contributed by atoms with Crippen molar-refractivity contribution in [1.29, 1.82) is 0 Å². The Morgan fingerprint density at radius 2 is 2.24 bits per heavy atom. The van der Waals surface area contributed by atoms with Gasteiger partial charge in [0.05, 0.1) is 16.3 Å². The van der Waals surface area contributed by atoms with Crippen LogP contribution in [0.25, 0.3) is 0 Å². The molecule has 1 saturated carbocycles. The minimum atomic E-state index is -0.634. The van der Waals surface area contributed by atoms with E-state index in [4.69, 9.17) is 0 Å². The molecule has 1 aliphatic carbocycles. The van der Waals surface area contributed by atoms with E-state index < -0.39 is 5.60 Å². The predicted octanol–water partition coefficient (Wildman–Crippen LogP) is 2.61. The van der Waals surface area contributed by atoms with Crippen LogP contribution in [0.2, 0.25) is 0 Å². The van der Waals surface area contributed by atoms with Gasteiger partial charge in [-0.05, 0) is 33.2 Å². The second-order valence-corrected chi connectivity index (χ2v) is 6.46. The zero-order chi connectivity index (χ0) is 12.5. The van der Waals surface area contributed by atoms with E-state index in [2.05, 4.69) is 22.2 Å². The highest BCUT2D eigenvalue weighted by Crippen LogP contribution is 2.41. The molecule has 0 aromatic carbocycles. The van der Waals surface area contributed by atoms with Gasteiger partial charge in [0, 0.05) is 24.4 Å². The molecule has 1 heterocycles. The summed E-state index contributed by atoms with van der Waals surface area (Å²) in [5.74, 6) is 0.748. The summed E-state index contributed by atoms with van der Waals surface area (Å²) < 4.78 is 0. The molecule has 0 unspecified atom stereocenters. The Balaban J connectivity index is 1.92. The molecular formula is C13H22N2OS. The van der Waals surface area contributed by atoms with E-state index in [-0.39, 0.29) is 0 Å². The minimum Gasteiger partial charge on any atom is -0.389 e. The molecule has 3 nitrogen and oxygen atoms in total. The highest BCUT2D eigenvalue weighted by molar-refractivity contribution is 7.09. The molecule has 1 aromatic heterocycles. The van der Waals surface area contributed by atoms with E-state index in [1.165, 1.54) is 17.8 Å². The van der Waals surface area contributed by atoms with Crippen LogP contribution in [0, 0.1) is 0 Å². The third-order valence-corrected chi connectivity index (χ3v) is 4.00. The van der Waals surface area contributed by atoms with Crippen LogP contribution in [0.1, 0.15) is 50.2 Å². The van der Waals surface area contributed by atoms with Crippen molar-refractivity contribution in [3.05, 3.63) is 16.1 Å². The monoisotopic (exact) mass is 254 g/mol. The molecule has 1 fully saturated rings. The second-order valence-electron chi connectivity index (χ2n) is 5.57. The van der Waals surface area contributed by atoms with Crippen LogP contribution in [-0.4, -0.2) is 33.7 Å². The molecule has 1 aliphatic rings. The van der Waals surface area contributed by atoms with Crippen molar-refractivity contribution >= 4 is 11.3 Å². The summed E-state index contributed by atoms with van der Waals surface area (Å²) in [4.78, 5) is 6.93. The van der Waals surface area contributed by atoms with Crippen molar-refractivity contribution in [3.63, 3.8) is 0 Å². The van der Waals surface area contributed by atoms with Gasteiger partial charge in [0.2, 0.25) is 0 Å². The van der Waals surface area contributed by atoms with Gasteiger partial charge in [-0.2, -0.15) is 0 Å². The topological polar surface area (TPSA) is 36.4 Å². The Kier molecular flexibility index (Phi) is 3.85. The predicted molar refractivity (Wildman–Crippen MR) is 71.3 cm³/mol. The largest absolute Gasteiger partial charge is 0.389 e. The fraction of sp³-hybridized carbons (Fsp3) is 0.769. The Labute approximate surface area is 107 Å². The van der Waals surface area contributed by atoms with E-state index in [9.17, 15) is 5.11 Å². The zero-order valence-electron chi connectivity index (χ0n) is 10.9. The molecule has 0 radical (unpaired) electrons. The first-order chi connectivity index (χ1) is 7.98. The Bertz CT molecular complexity index is 366. The fourth-order valence-corrected chi connectivity index (χ4v) is 2.95. The van der Waals surface area contributed by atoms with Crippen LogP contribution < -0.4 is 0 Å². The summed E-state index contributed by atoms with van der Waals surface area (Å²) in [5.41, 5.74) is 0.522. The van der Waals surface area contributed by atoms with Crippen LogP contribution in [0.4, 0.5) is 0 Å². The number of rotatable bonds is 6. The fourth-order valence-electron chi connectivity index (χ4n) is 1.97. The first-order valence-corrected chi connectivity index (χ1v) is 7.25. The maximum atomic E-state index is 9.84. The van der Waals surface area contributed by atoms with Crippen molar-refractivity contribution in [1.82, 2.24) is 9.88 Å². The van der Waals surface area contributed by atoms with Crippen molar-refractivity contribution in [2.75, 3.05) is 13.1 Å². The van der Waals surface area contributed by atoms with E-state index in [0.717, 1.165) is 24.7 Å². The highest BCUT2D eigenvalue weighted by Gasteiger charge is 2.27. The zero-order valence-corrected chi connectivity index (χ0v) is 11.8. The third kappa shape index (κ3) is 4.05. The average molecular weight is 254 g/mol. The molecule has 0 atom stereocenters. The van der Waals surface area contributed by atoms with Crippen molar-refractivity contribution < 1.29 is 5.11 Å². The van der Waals surface area contributed by atoms with E-state index >= 15 is 0 Å². The van der Waals surface area contributed by atoms with Crippen molar-refractivity contribution in [3.8, 4) is 0 Å². The molecule has 0 amide bonds. The van der Waals surface area contributed by atoms with Gasteiger partial charge in [0.15, 0.2) is 0 Å². The summed E-state index contributed by atoms with van der Waals surface area (Å²) >= 11 is 1.79. The van der Waals surface area contributed by atoms with Crippen LogP contribution in [0.5, 0.6) is 0 Å². The van der Waals surface area contributed by atoms with Gasteiger partial charge in [-0.15, -0.1) is 11.3 Å². The maximum Gasteiger partial charge on any atom is 0.0959 e. The van der Waals surface area contributed by atoms with Gasteiger partial charge in [0.25, 0.3) is 0 Å². The maximum absolute atomic E-state index is 9.84. The number of likely N-dealkylation sites (N-methyl/N-ethyl adjacent to an activating group) is 1. The molecule has 0 spiro atoms. The van der Waals surface area contributed by atoms with Gasteiger partial charge in [0.1, 0.15) is 0 Å². The lowest BCUT2D eigenvalue weighted by molar-refractivity contribution is 0.0350. The Morgan fingerprint density at radius 1 is 1.53 bits per heavy atom. The van der Waals surface area contributed by atoms with E-state index in [1.807, 2.05) is 13.8 Å². The Morgan fingerprint density at radius 3 is 2.76 bits per heavy atom. The van der Waals surface area contributed by atoms with Crippen LogP contribution in [0.3, 0.4) is 0 Å². The van der Waals surface area contributed by atoms with Gasteiger partial charge in [-0.25, -0.2) is 4.98 Å². The van der Waals surface area contributed by atoms with Gasteiger partial charge >= 0.3 is 0 Å². The van der Waals surface area contributed by atoms with Gasteiger partial charge in [-0.1, -0.05) is 6.92 Å². The van der Waals surface area contributed by atoms with Crippen molar-refractivity contribution in [2.24, 2.45) is 0 Å². The molecule has 1 aromatic rings. The van der Waals surface area contributed by atoms with E-state index in [0.29, 0.717) is 6.54 Å². The van der Waals surface area contributed by atoms with Crippen LogP contribution >= 0.6 is 11.3 Å². The molecule has 1 N–H and O–H groups in total. The third-order valence-electron chi connectivity index (χ3n) is 2.94. The van der Waals surface area contributed by atoms with Crippen LogP contribution in [-0.2, 0) is 6.54 Å². The quantitative estimate of drug-likeness (QED) is 0.848. The number of hydrogen-bond donors (Lipinski definition) is 1. The Hall–Kier alpha value is -0.450. The smallest absolute Gasteiger partial charge is 0.0959 e. The molecular weight excluding hydrogens is 232 g/mol. The molecule has 96 valence electrons. The summed E-state index contributed by atoms with van der Waals surface area (Å²) in [6, 6.07) is 0. The highest BCUT2D eigenvalue weighted by atomic mass is 32.1. The molecule has 0 aliphatic heterocycles. The molecule has 0 bridgehead atoms. The average Bonchev–Trinajstić information content (AvgIpc) is 2.97. The first-order valence-electron chi connectivity index (χ1n) is 6.37. The second kappa shape index (κ2) is 5.04. The van der Waals surface area contributed by atoms with Gasteiger partial charge in [-0.3, -0.25) is 4.90 Å². The summed E-state index contributed by atoms with van der Waals surface area (Å²) in [6.45, 7) is 8.32. The molecule has 17 heavy (non-hydrogen) atoms. The lowest BCUT2D eigenvalue weighted by atomic mass is 10.1. The number of thiazole rings is 1. The lowest BCUT2D eigenvalue weighted by Crippen LogP contribution is -2.38. The lowest BCUT2D eigenvalue weighted by Gasteiger charge is -2.27. The van der Waals surface area contributed by atoms with Gasteiger partial charge < -0.3 is 5.11 Å². The van der Waals surface area contributed by atoms with E-state index in [1.54, 1.807) is 11.3 Å². The summed E-state index contributed by atoms with van der Waals surface area (Å²) in [7, 11) is 0. The molecule has 0 saturated heterocycles. The standard InChI is InChI=1S/C13H22N2OS/c1-4-15(9-13(2,3)16)7-11-8-17-12(14-11)10-5-6-10/h8,10,16H,4-7,9H2,1-3H3. The summed E-state index contributed by atoms with van der Waals surface area (Å²) in [6.07, 6.45) is 2.63. The minimum absolute atomic E-state index is 0.634. The summed E-state index contributed by atoms with van der Waals surface area (Å²) in [5, 5.41) is 13.3. The number of aromatic nitrogens is 1. The SMILES string of the molecule is CCN(Cc1csc(C2CC2)n1)CC(C)(C)O. The van der Waals surface area contributed by atoms with Crippen LogP contribution in [0.15, 0.2) is 5.38 Å².